The van der Waals surface area contributed by atoms with Crippen molar-refractivity contribution in [3.8, 4) is 0 Å². The van der Waals surface area contributed by atoms with Gasteiger partial charge in [-0.3, -0.25) is 19.2 Å². The summed E-state index contributed by atoms with van der Waals surface area (Å²) in [6.45, 7) is 58.9. The zero-order valence-electron chi connectivity index (χ0n) is 85.1. The highest BCUT2D eigenvalue weighted by Crippen LogP contribution is 2.36. The number of quaternary nitrogens is 6. The van der Waals surface area contributed by atoms with Crippen molar-refractivity contribution in [1.82, 2.24) is 0 Å². The number of unbranched alkanes of at least 4 members (excludes halogenated alkanes) is 2. The first-order chi connectivity index (χ1) is 64.2. The minimum atomic E-state index is -0.230. The van der Waals surface area contributed by atoms with E-state index in [1.807, 2.05) is 194 Å². The summed E-state index contributed by atoms with van der Waals surface area (Å²) in [5.74, 6) is -1.76. The van der Waals surface area contributed by atoms with Gasteiger partial charge in [-0.1, -0.05) is 275 Å². The lowest BCUT2D eigenvalue weighted by Gasteiger charge is -2.37. The maximum atomic E-state index is 12.5. The van der Waals surface area contributed by atoms with Crippen LogP contribution in [0, 0.1) is 0 Å². The van der Waals surface area contributed by atoms with E-state index < -0.39 is 0 Å². The number of carbonyl (C=O) groups excluding carboxylic acids is 6. The third-order valence-corrected chi connectivity index (χ3v) is 28.2. The smallest absolute Gasteiger partial charge is 0.338 e. The topological polar surface area (TPSA) is 158 Å². The molecule has 6 unspecified atom stereocenters. The standard InChI is InChI=1S/2C21H32NO2.2C20H30NO2.C18H26NO2.C15H20NO2/c2*1-4-7-15-22(6-3,14-5-2)16-17-24-21(23)20-13-12-18-10-8-9-11-19(18)20;2*1-4-13-21(6-3,14-5-2)15-16-23-20(22)19-12-11-17-9-7-8-10-18(17)19;1-4-19(5-2,6-3)13-14-21-18(20)17-12-11-15-9-7-8-10-16(15)17;1-16(2,3)10-11-18-15(17)14-9-8-12-6-4-5-7-13(12)14/h8-11,13H,4-7,12,14-17H2,1-3H3;8-13,20H,4-7,14-17H2,1-3H3;7-10,12H,4-6,11,13-16H2,1-3H3;7-12,19H,4-6,13-16H2,1-3H3;7-12,17H,4-6,13-14H2,1-3H3;4-9,14H,10-11H2,1-3H3/q6*+1. The fourth-order valence-corrected chi connectivity index (χ4v) is 19.6. The van der Waals surface area contributed by atoms with Gasteiger partial charge in [-0.05, 0) is 179 Å². The Bertz CT molecular complexity index is 4750. The lowest BCUT2D eigenvalue weighted by Crippen LogP contribution is -2.51. The van der Waals surface area contributed by atoms with Gasteiger partial charge in [0, 0.05) is 0 Å². The summed E-state index contributed by atoms with van der Waals surface area (Å²) in [5.41, 5.74) is 14.7. The number of allylic oxidation sites excluding steroid dienone is 2. The van der Waals surface area contributed by atoms with Gasteiger partial charge in [-0.2, -0.15) is 0 Å². The number of benzene rings is 6. The molecule has 6 atom stereocenters. The molecule has 0 heterocycles. The summed E-state index contributed by atoms with van der Waals surface area (Å²) in [7, 11) is 6.25. The van der Waals surface area contributed by atoms with Crippen LogP contribution in [0.15, 0.2) is 182 Å². The molecule has 133 heavy (non-hydrogen) atoms. The van der Waals surface area contributed by atoms with Crippen LogP contribution in [0.5, 0.6) is 0 Å². The van der Waals surface area contributed by atoms with Gasteiger partial charge in [-0.25, -0.2) is 9.59 Å². The van der Waals surface area contributed by atoms with Crippen molar-refractivity contribution in [2.45, 2.75) is 205 Å². The molecule has 0 aliphatic heterocycles. The number of carbonyl (C=O) groups is 6. The lowest BCUT2D eigenvalue weighted by molar-refractivity contribution is -0.927. The maximum Gasteiger partial charge on any atom is 0.338 e. The molecule has 726 valence electrons. The first-order valence-electron chi connectivity index (χ1n) is 51.0. The summed E-state index contributed by atoms with van der Waals surface area (Å²) in [4.78, 5) is 74.0. The monoisotopic (exact) mass is 1830 g/mol. The molecule has 0 saturated carbocycles. The third kappa shape index (κ3) is 33.1. The number of hydrogen-bond donors (Lipinski definition) is 0. The molecule has 0 aromatic heterocycles. The van der Waals surface area contributed by atoms with Crippen molar-refractivity contribution < 1.29 is 84.1 Å². The van der Waals surface area contributed by atoms with E-state index in [-0.39, 0.29) is 59.5 Å². The van der Waals surface area contributed by atoms with E-state index in [9.17, 15) is 28.8 Å². The largest absolute Gasteiger partial charge is 0.459 e. The quantitative estimate of drug-likeness (QED) is 0.0203. The normalized spacial score (nSPS) is 16.3. The van der Waals surface area contributed by atoms with Gasteiger partial charge in [0.2, 0.25) is 0 Å². The minimum absolute atomic E-state index is 0.114. The molecule has 0 spiro atoms. The molecule has 18 nitrogen and oxygen atoms in total. The highest BCUT2D eigenvalue weighted by molar-refractivity contribution is 6.18. The molecule has 6 aromatic rings. The summed E-state index contributed by atoms with van der Waals surface area (Å²) in [5, 5.41) is 0. The number of esters is 6. The lowest BCUT2D eigenvalue weighted by atomic mass is 10.0. The Hall–Kier alpha value is -9.66. The average Bonchev–Trinajstić information content (AvgIpc) is 1.70. The highest BCUT2D eigenvalue weighted by atomic mass is 16.6. The maximum absolute atomic E-state index is 12.5. The fourth-order valence-electron chi connectivity index (χ4n) is 19.6. The Balaban J connectivity index is 0.000000218. The highest BCUT2D eigenvalue weighted by Gasteiger charge is 2.35. The molecule has 0 bridgehead atoms. The van der Waals surface area contributed by atoms with Crippen LogP contribution < -0.4 is 0 Å². The van der Waals surface area contributed by atoms with Gasteiger partial charge in [0.1, 0.15) is 103 Å². The van der Waals surface area contributed by atoms with Crippen molar-refractivity contribution in [2.75, 3.05) is 198 Å². The van der Waals surface area contributed by atoms with Gasteiger partial charge < -0.3 is 55.3 Å². The number of fused-ring (bicyclic) bond motifs is 6. The number of ether oxygens (including phenoxy) is 6. The fraction of sp³-hybridized carbons (Fsp3) is 0.530. The molecule has 0 N–H and O–H groups in total. The zero-order valence-corrected chi connectivity index (χ0v) is 85.1. The molecule has 0 amide bonds. The predicted octanol–water partition coefficient (Wildman–Crippen LogP) is 21.7. The van der Waals surface area contributed by atoms with Gasteiger partial charge in [0.15, 0.2) is 0 Å². The Labute approximate surface area is 802 Å². The van der Waals surface area contributed by atoms with E-state index in [4.69, 9.17) is 28.4 Å². The van der Waals surface area contributed by atoms with E-state index >= 15 is 0 Å². The first kappa shape index (κ1) is 110. The first-order valence-corrected chi connectivity index (χ1v) is 51.0. The third-order valence-electron chi connectivity index (χ3n) is 28.2. The average molecular weight is 1830 g/mol. The van der Waals surface area contributed by atoms with Crippen LogP contribution in [0.1, 0.15) is 258 Å². The van der Waals surface area contributed by atoms with E-state index in [1.54, 1.807) is 0 Å². The van der Waals surface area contributed by atoms with Crippen molar-refractivity contribution in [2.24, 2.45) is 0 Å². The van der Waals surface area contributed by atoms with Crippen LogP contribution in [-0.2, 0) is 70.0 Å². The van der Waals surface area contributed by atoms with Gasteiger partial charge >= 0.3 is 35.8 Å². The summed E-state index contributed by atoms with van der Waals surface area (Å²) in [6, 6.07) is 48.2. The molecule has 6 aliphatic rings. The number of rotatable bonds is 49. The minimum Gasteiger partial charge on any atom is -0.459 e. The predicted molar refractivity (Wildman–Crippen MR) is 548 cm³/mol. The molecular weight excluding hydrogens is 1660 g/mol. The summed E-state index contributed by atoms with van der Waals surface area (Å²) in [6.07, 6.45) is 33.4. The molecule has 6 aromatic carbocycles. The van der Waals surface area contributed by atoms with Crippen LogP contribution in [0.25, 0.3) is 35.5 Å². The molecule has 0 fully saturated rings. The summed E-state index contributed by atoms with van der Waals surface area (Å²) >= 11 is 0. The second-order valence-corrected chi connectivity index (χ2v) is 37.8. The van der Waals surface area contributed by atoms with E-state index in [2.05, 4.69) is 137 Å². The number of hydrogen-bond acceptors (Lipinski definition) is 12. The van der Waals surface area contributed by atoms with Gasteiger partial charge in [0.25, 0.3) is 0 Å². The van der Waals surface area contributed by atoms with E-state index in [0.717, 1.165) is 218 Å². The second-order valence-electron chi connectivity index (χ2n) is 37.8. The number of nitrogens with zero attached hydrogens (tertiary/aromatic N) is 6. The van der Waals surface area contributed by atoms with Crippen molar-refractivity contribution >= 4 is 71.3 Å². The SMILES string of the molecule is CCCC[N+](CC)(CCC)CCOC(=O)C1=CCc2ccccc21.CCCC[N+](CC)(CCC)CCOC(=O)C1C=Cc2ccccc21.CCC[N+](CC)(CCC)CCOC(=O)C1=CCc2ccccc21.CCC[N+](CC)(CCC)CCOC(=O)C1C=Cc2ccccc21.CC[N+](CC)(CC)CCOC(=O)C1C=Cc2ccccc21.C[N+](C)(C)CCOC(=O)C1C=Cc2ccccc21. The molecule has 0 saturated heterocycles. The van der Waals surface area contributed by atoms with Crippen molar-refractivity contribution in [3.05, 3.63) is 249 Å². The van der Waals surface area contributed by atoms with Crippen LogP contribution >= 0.6 is 0 Å². The molecule has 0 radical (unpaired) electrons. The van der Waals surface area contributed by atoms with Crippen LogP contribution in [0.3, 0.4) is 0 Å². The van der Waals surface area contributed by atoms with Crippen molar-refractivity contribution in [3.63, 3.8) is 0 Å². The van der Waals surface area contributed by atoms with Crippen LogP contribution in [0.4, 0.5) is 0 Å². The Kier molecular flexibility index (Phi) is 47.5. The van der Waals surface area contributed by atoms with E-state index in [1.165, 1.54) is 102 Å². The zero-order chi connectivity index (χ0) is 96.7. The summed E-state index contributed by atoms with van der Waals surface area (Å²) < 4.78 is 39.5. The van der Waals surface area contributed by atoms with Crippen LogP contribution in [-0.4, -0.2) is 261 Å². The Morgan fingerprint density at radius 2 is 0.496 bits per heavy atom. The Morgan fingerprint density at radius 1 is 0.263 bits per heavy atom. The van der Waals surface area contributed by atoms with Gasteiger partial charge in [-0.15, -0.1) is 0 Å². The molecule has 18 heteroatoms. The second kappa shape index (κ2) is 57.3. The number of likely N-dealkylation sites (N-methyl/N-ethyl adjacent to an activating group) is 6. The Morgan fingerprint density at radius 3 is 0.752 bits per heavy atom. The molecular formula is C115H170N6O12+6. The molecule has 12 rings (SSSR count). The van der Waals surface area contributed by atoms with Crippen molar-refractivity contribution in [1.29, 1.82) is 0 Å². The van der Waals surface area contributed by atoms with Crippen LogP contribution in [0.2, 0.25) is 0 Å². The molecule has 6 aliphatic carbocycles. The van der Waals surface area contributed by atoms with E-state index in [0.29, 0.717) is 39.6 Å². The van der Waals surface area contributed by atoms with Gasteiger partial charge in [0.05, 0.1) is 130 Å².